The molecule has 0 unspecified atom stereocenters. The van der Waals surface area contributed by atoms with Gasteiger partial charge in [-0.05, 0) is 32.5 Å². The van der Waals surface area contributed by atoms with Crippen LogP contribution >= 0.6 is 0 Å². The Morgan fingerprint density at radius 1 is 1.35 bits per heavy atom. The Kier molecular flexibility index (Phi) is 6.51. The second-order valence-electron chi connectivity index (χ2n) is 4.82. The largest absolute Gasteiger partial charge is 0.395 e. The van der Waals surface area contributed by atoms with Crippen LogP contribution in [0.3, 0.4) is 0 Å². The monoisotopic (exact) mass is 281 g/mol. The summed E-state index contributed by atoms with van der Waals surface area (Å²) >= 11 is 0. The Labute approximate surface area is 121 Å². The lowest BCUT2D eigenvalue weighted by atomic mass is 10.2. The zero-order chi connectivity index (χ0) is 15.1. The van der Waals surface area contributed by atoms with Crippen LogP contribution in [0.5, 0.6) is 0 Å². The number of nitrogens with two attached hydrogens (primary N) is 1. The van der Waals surface area contributed by atoms with Gasteiger partial charge in [0.05, 0.1) is 11.4 Å². The van der Waals surface area contributed by atoms with Crippen molar-refractivity contribution >= 4 is 11.6 Å². The molecule has 0 aromatic carbocycles. The first-order valence-corrected chi connectivity index (χ1v) is 7.36. The van der Waals surface area contributed by atoms with Crippen LogP contribution in [-0.4, -0.2) is 46.8 Å². The summed E-state index contributed by atoms with van der Waals surface area (Å²) in [5, 5.41) is 7.17. The Morgan fingerprint density at radius 2 is 2.00 bits per heavy atom. The van der Waals surface area contributed by atoms with E-state index in [2.05, 4.69) is 29.2 Å². The molecule has 20 heavy (non-hydrogen) atoms. The lowest BCUT2D eigenvalue weighted by molar-refractivity contribution is 0.0943. The highest BCUT2D eigenvalue weighted by Crippen LogP contribution is 2.16. The van der Waals surface area contributed by atoms with Gasteiger partial charge < -0.3 is 16.0 Å². The van der Waals surface area contributed by atoms with Gasteiger partial charge in [0.2, 0.25) is 0 Å². The first kappa shape index (κ1) is 16.5. The predicted molar refractivity (Wildman–Crippen MR) is 81.7 cm³/mol. The molecule has 114 valence electrons. The molecule has 1 amide bonds. The number of hydrogen-bond acceptors (Lipinski definition) is 4. The number of rotatable bonds is 8. The Morgan fingerprint density at radius 3 is 2.50 bits per heavy atom. The average molecular weight is 281 g/mol. The van der Waals surface area contributed by atoms with Gasteiger partial charge in [-0.2, -0.15) is 5.10 Å². The summed E-state index contributed by atoms with van der Waals surface area (Å²) in [6.07, 6.45) is 1.67. The van der Waals surface area contributed by atoms with Gasteiger partial charge in [-0.1, -0.05) is 20.8 Å². The zero-order valence-electron chi connectivity index (χ0n) is 13.1. The second-order valence-corrected chi connectivity index (χ2v) is 4.82. The van der Waals surface area contributed by atoms with Crippen molar-refractivity contribution in [3.05, 3.63) is 11.4 Å². The van der Waals surface area contributed by atoms with Crippen molar-refractivity contribution in [2.45, 2.75) is 33.6 Å². The van der Waals surface area contributed by atoms with Crippen LogP contribution in [0, 0.1) is 0 Å². The van der Waals surface area contributed by atoms with Crippen LogP contribution in [-0.2, 0) is 13.5 Å². The topological polar surface area (TPSA) is 76.2 Å². The fourth-order valence-corrected chi connectivity index (χ4v) is 2.25. The Balaban J connectivity index is 2.49. The zero-order valence-corrected chi connectivity index (χ0v) is 13.1. The van der Waals surface area contributed by atoms with Crippen molar-refractivity contribution in [3.8, 4) is 0 Å². The molecule has 0 radical (unpaired) electrons. The predicted octanol–water partition coefficient (Wildman–Crippen LogP) is 1.03. The number of amides is 1. The summed E-state index contributed by atoms with van der Waals surface area (Å²) in [7, 11) is 1.75. The van der Waals surface area contributed by atoms with Gasteiger partial charge >= 0.3 is 0 Å². The Bertz CT molecular complexity index is 437. The molecule has 1 heterocycles. The van der Waals surface area contributed by atoms with Crippen molar-refractivity contribution in [1.29, 1.82) is 0 Å². The quantitative estimate of drug-likeness (QED) is 0.698. The fourth-order valence-electron chi connectivity index (χ4n) is 2.25. The molecule has 1 rings (SSSR count). The molecule has 1 aromatic rings. The van der Waals surface area contributed by atoms with E-state index in [1.807, 2.05) is 6.92 Å². The van der Waals surface area contributed by atoms with E-state index in [1.54, 1.807) is 11.7 Å². The van der Waals surface area contributed by atoms with E-state index in [-0.39, 0.29) is 5.91 Å². The van der Waals surface area contributed by atoms with Crippen LogP contribution in [0.25, 0.3) is 0 Å². The number of carbonyl (C=O) groups excluding carboxylic acids is 1. The highest BCUT2D eigenvalue weighted by Gasteiger charge is 2.18. The molecule has 0 aliphatic carbocycles. The summed E-state index contributed by atoms with van der Waals surface area (Å²) in [4.78, 5) is 14.5. The molecule has 6 heteroatoms. The molecule has 1 aromatic heterocycles. The van der Waals surface area contributed by atoms with Crippen LogP contribution in [0.4, 0.5) is 5.69 Å². The molecule has 3 N–H and O–H groups in total. The summed E-state index contributed by atoms with van der Waals surface area (Å²) in [6, 6.07) is 0. The van der Waals surface area contributed by atoms with Crippen LogP contribution in [0.1, 0.15) is 43.4 Å². The molecule has 0 atom stereocenters. The van der Waals surface area contributed by atoms with Gasteiger partial charge in [0.1, 0.15) is 5.69 Å². The number of aromatic nitrogens is 2. The smallest absolute Gasteiger partial charge is 0.271 e. The molecule has 6 nitrogen and oxygen atoms in total. The molecule has 0 aliphatic heterocycles. The number of nitrogen functional groups attached to an aromatic ring is 1. The third kappa shape index (κ3) is 3.96. The molecule has 0 aliphatic rings. The third-order valence-electron chi connectivity index (χ3n) is 3.54. The maximum absolute atomic E-state index is 12.1. The lowest BCUT2D eigenvalue weighted by Gasteiger charge is -2.17. The highest BCUT2D eigenvalue weighted by molar-refractivity contribution is 5.97. The number of nitrogens with zero attached hydrogens (tertiary/aromatic N) is 3. The highest BCUT2D eigenvalue weighted by atomic mass is 16.2. The fraction of sp³-hybridized carbons (Fsp3) is 0.714. The van der Waals surface area contributed by atoms with E-state index in [4.69, 9.17) is 5.73 Å². The van der Waals surface area contributed by atoms with E-state index in [1.165, 1.54) is 0 Å². The van der Waals surface area contributed by atoms with Crippen LogP contribution < -0.4 is 11.1 Å². The maximum atomic E-state index is 12.1. The first-order chi connectivity index (χ1) is 9.54. The van der Waals surface area contributed by atoms with E-state index in [0.29, 0.717) is 17.9 Å². The van der Waals surface area contributed by atoms with Crippen molar-refractivity contribution in [3.63, 3.8) is 0 Å². The minimum atomic E-state index is -0.142. The summed E-state index contributed by atoms with van der Waals surface area (Å²) in [5.41, 5.74) is 7.70. The number of carbonyl (C=O) groups is 1. The van der Waals surface area contributed by atoms with E-state index in [9.17, 15) is 4.79 Å². The van der Waals surface area contributed by atoms with Crippen molar-refractivity contribution in [1.82, 2.24) is 20.0 Å². The summed E-state index contributed by atoms with van der Waals surface area (Å²) in [5.74, 6) is -0.142. The molecule has 0 saturated heterocycles. The lowest BCUT2D eigenvalue weighted by Crippen LogP contribution is -2.31. The van der Waals surface area contributed by atoms with Gasteiger partial charge in [-0.25, -0.2) is 0 Å². The number of hydrogen-bond donors (Lipinski definition) is 2. The second kappa shape index (κ2) is 7.89. The van der Waals surface area contributed by atoms with Crippen molar-refractivity contribution in [2.24, 2.45) is 7.05 Å². The summed E-state index contributed by atoms with van der Waals surface area (Å²) < 4.78 is 1.56. The molecule has 0 bridgehead atoms. The Hall–Kier alpha value is -1.56. The normalized spacial score (nSPS) is 11.1. The standard InChI is InChI=1S/C14H27N5O/c1-5-11-12(15)13(18(4)17-11)14(20)16-9-8-10-19(6-2)7-3/h5-10,15H2,1-4H3,(H,16,20). The van der Waals surface area contributed by atoms with E-state index >= 15 is 0 Å². The van der Waals surface area contributed by atoms with Gasteiger partial charge in [-0.15, -0.1) is 0 Å². The maximum Gasteiger partial charge on any atom is 0.271 e. The number of aryl methyl sites for hydroxylation is 2. The van der Waals surface area contributed by atoms with Crippen LogP contribution in [0.2, 0.25) is 0 Å². The van der Waals surface area contributed by atoms with Gasteiger partial charge in [0, 0.05) is 13.6 Å². The summed E-state index contributed by atoms with van der Waals surface area (Å²) in [6.45, 7) is 9.99. The van der Waals surface area contributed by atoms with Crippen molar-refractivity contribution < 1.29 is 4.79 Å². The van der Waals surface area contributed by atoms with Crippen molar-refractivity contribution in [2.75, 3.05) is 31.9 Å². The van der Waals surface area contributed by atoms with E-state index < -0.39 is 0 Å². The van der Waals surface area contributed by atoms with Gasteiger partial charge in [-0.3, -0.25) is 9.48 Å². The molecule has 0 saturated carbocycles. The first-order valence-electron chi connectivity index (χ1n) is 7.36. The van der Waals surface area contributed by atoms with Crippen LogP contribution in [0.15, 0.2) is 0 Å². The van der Waals surface area contributed by atoms with E-state index in [0.717, 1.165) is 38.2 Å². The number of nitrogens with one attached hydrogen (secondary N) is 1. The molecular formula is C14H27N5O. The minimum Gasteiger partial charge on any atom is -0.395 e. The molecule has 0 fully saturated rings. The SMILES string of the molecule is CCc1nn(C)c(C(=O)NCCCN(CC)CC)c1N. The number of anilines is 1. The minimum absolute atomic E-state index is 0.142. The van der Waals surface area contributed by atoms with Gasteiger partial charge in [0.25, 0.3) is 5.91 Å². The van der Waals surface area contributed by atoms with Gasteiger partial charge in [0.15, 0.2) is 0 Å². The third-order valence-corrected chi connectivity index (χ3v) is 3.54. The average Bonchev–Trinajstić information content (AvgIpc) is 2.73. The molecular weight excluding hydrogens is 254 g/mol. The molecule has 0 spiro atoms.